The van der Waals surface area contributed by atoms with Gasteiger partial charge in [-0.15, -0.1) is 0 Å². The van der Waals surface area contributed by atoms with Gasteiger partial charge in [-0.05, 0) is 77.1 Å². The van der Waals surface area contributed by atoms with Crippen molar-refractivity contribution in [1.29, 1.82) is 0 Å². The first-order valence-corrected chi connectivity index (χ1v) is 15.7. The summed E-state index contributed by atoms with van der Waals surface area (Å²) in [6.07, 6.45) is 9.82. The second-order valence-corrected chi connectivity index (χ2v) is 12.2. The molecule has 0 bridgehead atoms. The summed E-state index contributed by atoms with van der Waals surface area (Å²) in [5.74, 6) is 1.07. The average Bonchev–Trinajstić information content (AvgIpc) is 3.56. The van der Waals surface area contributed by atoms with Gasteiger partial charge in [0.15, 0.2) is 6.23 Å². The van der Waals surface area contributed by atoms with Crippen LogP contribution in [0.2, 0.25) is 0 Å². The molecule has 220 valence electrons. The van der Waals surface area contributed by atoms with Crippen molar-refractivity contribution in [3.8, 4) is 6.01 Å². The predicted octanol–water partition coefficient (Wildman–Crippen LogP) is 3.67. The van der Waals surface area contributed by atoms with Gasteiger partial charge in [0.1, 0.15) is 12.4 Å². The minimum atomic E-state index is 0.0228. The van der Waals surface area contributed by atoms with E-state index in [0.29, 0.717) is 18.7 Å². The van der Waals surface area contributed by atoms with Crippen LogP contribution in [0.5, 0.6) is 6.01 Å². The minimum absolute atomic E-state index is 0.0228. The Morgan fingerprint density at radius 1 is 1.00 bits per heavy atom. The SMILES string of the molecule is Cc1ccc2c(cnn2C2CCCCO2)c1N1CCCc2c(nc(OC[C@@H]3CCCN3C)nc2N2CCNCC2)C1. The maximum Gasteiger partial charge on any atom is 0.318 e. The Hall–Kier alpha value is -2.95. The molecule has 0 saturated carbocycles. The van der Waals surface area contributed by atoms with Crippen LogP contribution in [0.3, 0.4) is 0 Å². The highest BCUT2D eigenvalue weighted by Gasteiger charge is 2.28. The van der Waals surface area contributed by atoms with E-state index in [1.54, 1.807) is 0 Å². The number of nitrogens with one attached hydrogen (secondary N) is 1. The zero-order valence-electron chi connectivity index (χ0n) is 24.6. The summed E-state index contributed by atoms with van der Waals surface area (Å²) in [6, 6.07) is 5.41. The number of hydrogen-bond donors (Lipinski definition) is 1. The number of aromatic nitrogens is 4. The van der Waals surface area contributed by atoms with Crippen molar-refractivity contribution in [3.63, 3.8) is 0 Å². The van der Waals surface area contributed by atoms with E-state index >= 15 is 0 Å². The maximum absolute atomic E-state index is 6.35. The molecule has 2 atom stereocenters. The van der Waals surface area contributed by atoms with Gasteiger partial charge in [0.25, 0.3) is 0 Å². The van der Waals surface area contributed by atoms with Gasteiger partial charge in [0.2, 0.25) is 0 Å². The molecule has 41 heavy (non-hydrogen) atoms. The van der Waals surface area contributed by atoms with Gasteiger partial charge in [-0.1, -0.05) is 6.07 Å². The van der Waals surface area contributed by atoms with Crippen molar-refractivity contribution in [2.24, 2.45) is 0 Å². The highest BCUT2D eigenvalue weighted by atomic mass is 16.5. The molecule has 7 rings (SSSR count). The molecular formula is C31H44N8O2. The molecule has 0 radical (unpaired) electrons. The average molecular weight is 561 g/mol. The van der Waals surface area contributed by atoms with Gasteiger partial charge >= 0.3 is 6.01 Å². The third-order valence-corrected chi connectivity index (χ3v) is 9.44. The Bertz CT molecular complexity index is 1360. The highest BCUT2D eigenvalue weighted by Crippen LogP contribution is 2.37. The Kier molecular flexibility index (Phi) is 7.71. The maximum atomic E-state index is 6.35. The lowest BCUT2D eigenvalue weighted by atomic mass is 10.1. The summed E-state index contributed by atoms with van der Waals surface area (Å²) in [5, 5.41) is 9.53. The molecule has 10 nitrogen and oxygen atoms in total. The van der Waals surface area contributed by atoms with Gasteiger partial charge < -0.3 is 29.5 Å². The van der Waals surface area contributed by atoms with E-state index in [0.717, 1.165) is 95.1 Å². The predicted molar refractivity (Wildman–Crippen MR) is 161 cm³/mol. The fourth-order valence-electron chi connectivity index (χ4n) is 7.12. The molecule has 3 aromatic rings. The zero-order valence-corrected chi connectivity index (χ0v) is 24.6. The standard InChI is InChI=1S/C31H44N8O2/c1-22-10-11-27-25(19-33-39(27)28-9-3-4-18-40-28)29(22)38-15-6-8-24-26(20-38)34-31(41-21-23-7-5-14-36(23)2)35-30(24)37-16-12-32-13-17-37/h10-11,19,23,28,32H,3-9,12-18,20-21H2,1-2H3/t23-,28?/m0/s1. The number of anilines is 2. The number of piperazine rings is 1. The van der Waals surface area contributed by atoms with Crippen LogP contribution in [0, 0.1) is 6.92 Å². The van der Waals surface area contributed by atoms with Crippen LogP contribution in [0.4, 0.5) is 11.5 Å². The summed E-state index contributed by atoms with van der Waals surface area (Å²) < 4.78 is 14.6. The second kappa shape index (κ2) is 11.7. The van der Waals surface area contributed by atoms with Crippen molar-refractivity contribution in [2.45, 2.75) is 70.7 Å². The van der Waals surface area contributed by atoms with Gasteiger partial charge in [-0.3, -0.25) is 0 Å². The van der Waals surface area contributed by atoms with Gasteiger partial charge in [-0.2, -0.15) is 15.1 Å². The Morgan fingerprint density at radius 3 is 2.71 bits per heavy atom. The van der Waals surface area contributed by atoms with E-state index in [-0.39, 0.29) is 6.23 Å². The number of likely N-dealkylation sites (tertiary alicyclic amines) is 1. The number of aryl methyl sites for hydroxylation is 1. The van der Waals surface area contributed by atoms with Crippen LogP contribution in [0.25, 0.3) is 10.9 Å². The number of hydrogen-bond acceptors (Lipinski definition) is 9. The molecule has 2 aromatic heterocycles. The van der Waals surface area contributed by atoms with E-state index < -0.39 is 0 Å². The molecule has 10 heteroatoms. The van der Waals surface area contributed by atoms with Crippen molar-refractivity contribution < 1.29 is 9.47 Å². The molecule has 1 unspecified atom stereocenters. The Morgan fingerprint density at radius 2 is 1.90 bits per heavy atom. The van der Waals surface area contributed by atoms with E-state index in [1.807, 2.05) is 6.20 Å². The van der Waals surface area contributed by atoms with Crippen LogP contribution in [-0.2, 0) is 17.7 Å². The summed E-state index contributed by atoms with van der Waals surface area (Å²) in [6.45, 7) is 10.4. The molecule has 3 saturated heterocycles. The first kappa shape index (κ1) is 26.9. The molecule has 6 heterocycles. The van der Waals surface area contributed by atoms with Crippen molar-refractivity contribution in [3.05, 3.63) is 35.2 Å². The number of likely N-dealkylation sites (N-methyl/N-ethyl adjacent to an activating group) is 1. The van der Waals surface area contributed by atoms with Crippen molar-refractivity contribution >= 4 is 22.4 Å². The van der Waals surface area contributed by atoms with Gasteiger partial charge in [0.05, 0.1) is 29.6 Å². The van der Waals surface area contributed by atoms with Crippen LogP contribution in [-0.4, -0.2) is 90.2 Å². The third kappa shape index (κ3) is 5.37. The second-order valence-electron chi connectivity index (χ2n) is 12.2. The molecule has 0 spiro atoms. The number of fused-ring (bicyclic) bond motifs is 2. The molecule has 0 amide bonds. The molecule has 4 aliphatic heterocycles. The summed E-state index contributed by atoms with van der Waals surface area (Å²) in [4.78, 5) is 17.5. The smallest absolute Gasteiger partial charge is 0.318 e. The molecule has 0 aliphatic carbocycles. The quantitative estimate of drug-likeness (QED) is 0.486. The summed E-state index contributed by atoms with van der Waals surface area (Å²) in [5.41, 5.74) is 6.06. The van der Waals surface area contributed by atoms with E-state index in [9.17, 15) is 0 Å². The topological polar surface area (TPSA) is 83.8 Å². The number of benzene rings is 1. The minimum Gasteiger partial charge on any atom is -0.462 e. The number of rotatable bonds is 6. The van der Waals surface area contributed by atoms with E-state index in [4.69, 9.17) is 24.5 Å². The number of nitrogens with zero attached hydrogens (tertiary/aromatic N) is 7. The lowest BCUT2D eigenvalue weighted by molar-refractivity contribution is -0.0366. The summed E-state index contributed by atoms with van der Waals surface area (Å²) in [7, 11) is 2.19. The first-order chi connectivity index (χ1) is 20.2. The van der Waals surface area contributed by atoms with E-state index in [2.05, 4.69) is 50.8 Å². The zero-order chi connectivity index (χ0) is 27.8. The van der Waals surface area contributed by atoms with Crippen LogP contribution < -0.4 is 19.9 Å². The Labute approximate surface area is 243 Å². The number of ether oxygens (including phenoxy) is 2. The van der Waals surface area contributed by atoms with Crippen molar-refractivity contribution in [2.75, 3.05) is 69.3 Å². The molecular weight excluding hydrogens is 516 g/mol. The normalized spacial score (nSPS) is 24.0. The molecule has 1 N–H and O–H groups in total. The lowest BCUT2D eigenvalue weighted by Gasteiger charge is -2.31. The third-order valence-electron chi connectivity index (χ3n) is 9.44. The highest BCUT2D eigenvalue weighted by molar-refractivity contribution is 5.94. The molecule has 1 aromatic carbocycles. The van der Waals surface area contributed by atoms with Crippen LogP contribution in [0.15, 0.2) is 18.3 Å². The fourth-order valence-corrected chi connectivity index (χ4v) is 7.12. The van der Waals surface area contributed by atoms with Crippen LogP contribution in [0.1, 0.15) is 61.6 Å². The van der Waals surface area contributed by atoms with E-state index in [1.165, 1.54) is 41.5 Å². The molecule has 3 fully saturated rings. The summed E-state index contributed by atoms with van der Waals surface area (Å²) >= 11 is 0. The van der Waals surface area contributed by atoms with Gasteiger partial charge in [0, 0.05) is 56.3 Å². The fraction of sp³-hybridized carbons (Fsp3) is 0.645. The van der Waals surface area contributed by atoms with Crippen molar-refractivity contribution in [1.82, 2.24) is 30.0 Å². The monoisotopic (exact) mass is 560 g/mol. The Balaban J connectivity index is 1.23. The largest absolute Gasteiger partial charge is 0.462 e. The first-order valence-electron chi connectivity index (χ1n) is 15.7. The lowest BCUT2D eigenvalue weighted by Crippen LogP contribution is -2.44. The molecule has 4 aliphatic rings. The van der Waals surface area contributed by atoms with Crippen LogP contribution >= 0.6 is 0 Å². The van der Waals surface area contributed by atoms with Gasteiger partial charge in [-0.25, -0.2) is 4.68 Å².